The third-order valence-corrected chi connectivity index (χ3v) is 5.52. The molecule has 1 unspecified atom stereocenters. The van der Waals surface area contributed by atoms with Gasteiger partial charge in [0.15, 0.2) is 0 Å². The summed E-state index contributed by atoms with van der Waals surface area (Å²) in [6, 6.07) is 17.3. The molecule has 0 fully saturated rings. The fraction of sp³-hybridized carbons (Fsp3) is 0.0833. The fourth-order valence-electron chi connectivity index (χ4n) is 3.25. The van der Waals surface area contributed by atoms with Gasteiger partial charge in [0.05, 0.1) is 5.69 Å². The number of amides is 1. The SMILES string of the molecule is NCc1ccc(NC(=O)c2ccc(CS(=O)[O-])cc2)cc1Nc1nccc(-c2cccnc2)n1. The average molecular weight is 474 g/mol. The number of carbonyl (C=O) groups is 1. The van der Waals surface area contributed by atoms with E-state index in [1.54, 1.807) is 61.1 Å². The number of nitrogens with one attached hydrogen (secondary N) is 2. The summed E-state index contributed by atoms with van der Waals surface area (Å²) in [4.78, 5) is 25.6. The van der Waals surface area contributed by atoms with E-state index in [0.29, 0.717) is 34.1 Å². The van der Waals surface area contributed by atoms with Gasteiger partial charge in [-0.3, -0.25) is 14.0 Å². The Labute approximate surface area is 198 Å². The molecule has 1 amide bonds. The van der Waals surface area contributed by atoms with E-state index in [2.05, 4.69) is 25.6 Å². The molecule has 2 aromatic heterocycles. The van der Waals surface area contributed by atoms with Gasteiger partial charge >= 0.3 is 0 Å². The lowest BCUT2D eigenvalue weighted by Gasteiger charge is -2.13. The van der Waals surface area contributed by atoms with Crippen molar-refractivity contribution in [3.05, 3.63) is 95.9 Å². The monoisotopic (exact) mass is 473 g/mol. The minimum Gasteiger partial charge on any atom is -0.772 e. The highest BCUT2D eigenvalue weighted by atomic mass is 32.2. The molecule has 2 aromatic carbocycles. The van der Waals surface area contributed by atoms with Crippen LogP contribution in [0.3, 0.4) is 0 Å². The maximum Gasteiger partial charge on any atom is 0.255 e. The van der Waals surface area contributed by atoms with Crippen LogP contribution in [0, 0.1) is 0 Å². The number of hydrogen-bond donors (Lipinski definition) is 3. The summed E-state index contributed by atoms with van der Waals surface area (Å²) in [5.41, 5.74) is 10.5. The maximum absolute atomic E-state index is 12.7. The highest BCUT2D eigenvalue weighted by molar-refractivity contribution is 7.78. The third-order valence-electron chi connectivity index (χ3n) is 4.95. The number of carbonyl (C=O) groups excluding carboxylic acids is 1. The van der Waals surface area contributed by atoms with Gasteiger partial charge in [-0.25, -0.2) is 9.97 Å². The second-order valence-corrected chi connectivity index (χ2v) is 8.20. The zero-order valence-corrected chi connectivity index (χ0v) is 18.8. The number of nitrogens with zero attached hydrogens (tertiary/aromatic N) is 3. The Kier molecular flexibility index (Phi) is 7.33. The van der Waals surface area contributed by atoms with Crippen molar-refractivity contribution >= 4 is 34.3 Å². The van der Waals surface area contributed by atoms with Crippen LogP contribution in [-0.2, 0) is 23.4 Å². The van der Waals surface area contributed by atoms with Crippen LogP contribution >= 0.6 is 0 Å². The van der Waals surface area contributed by atoms with Gasteiger partial charge in [0, 0.05) is 53.4 Å². The van der Waals surface area contributed by atoms with Gasteiger partial charge in [-0.05, 0) is 53.6 Å². The molecule has 172 valence electrons. The number of nitrogens with two attached hydrogens (primary N) is 1. The van der Waals surface area contributed by atoms with E-state index in [0.717, 1.165) is 11.1 Å². The van der Waals surface area contributed by atoms with Crippen LogP contribution in [-0.4, -0.2) is 29.6 Å². The summed E-state index contributed by atoms with van der Waals surface area (Å²) in [7, 11) is 0. The summed E-state index contributed by atoms with van der Waals surface area (Å²) in [5, 5.41) is 6.02. The molecule has 0 bridgehead atoms. The summed E-state index contributed by atoms with van der Waals surface area (Å²) in [5.74, 6) is -0.0383. The van der Waals surface area contributed by atoms with E-state index in [4.69, 9.17) is 5.73 Å². The third kappa shape index (κ3) is 5.87. The van der Waals surface area contributed by atoms with Crippen molar-refractivity contribution in [1.29, 1.82) is 0 Å². The van der Waals surface area contributed by atoms with E-state index in [1.807, 2.05) is 18.2 Å². The molecule has 0 saturated carbocycles. The molecule has 4 N–H and O–H groups in total. The molecule has 0 aliphatic rings. The lowest BCUT2D eigenvalue weighted by atomic mass is 10.1. The molecule has 0 spiro atoms. The van der Waals surface area contributed by atoms with Crippen molar-refractivity contribution in [2.45, 2.75) is 12.3 Å². The first-order valence-corrected chi connectivity index (χ1v) is 11.6. The van der Waals surface area contributed by atoms with E-state index >= 15 is 0 Å². The normalized spacial score (nSPS) is 11.6. The Balaban J connectivity index is 1.52. The van der Waals surface area contributed by atoms with Crippen LogP contribution in [0.2, 0.25) is 0 Å². The molecular weight excluding hydrogens is 452 g/mol. The number of anilines is 3. The van der Waals surface area contributed by atoms with E-state index < -0.39 is 11.1 Å². The maximum atomic E-state index is 12.7. The lowest BCUT2D eigenvalue weighted by Crippen LogP contribution is -2.13. The fourth-order valence-corrected chi connectivity index (χ4v) is 3.72. The highest BCUT2D eigenvalue weighted by Gasteiger charge is 2.10. The van der Waals surface area contributed by atoms with Gasteiger partial charge in [-0.2, -0.15) is 0 Å². The van der Waals surface area contributed by atoms with Crippen molar-refractivity contribution in [1.82, 2.24) is 15.0 Å². The second-order valence-electron chi connectivity index (χ2n) is 7.31. The smallest absolute Gasteiger partial charge is 0.255 e. The quantitative estimate of drug-likeness (QED) is 0.330. The average Bonchev–Trinajstić information content (AvgIpc) is 2.85. The van der Waals surface area contributed by atoms with Crippen molar-refractivity contribution in [3.8, 4) is 11.3 Å². The van der Waals surface area contributed by atoms with Crippen molar-refractivity contribution < 1.29 is 13.6 Å². The Hall–Kier alpha value is -3.99. The summed E-state index contributed by atoms with van der Waals surface area (Å²) in [6.45, 7) is 0.279. The Morgan fingerprint density at radius 1 is 1.06 bits per heavy atom. The molecule has 10 heteroatoms. The molecule has 0 aliphatic carbocycles. The van der Waals surface area contributed by atoms with Crippen LogP contribution in [0.5, 0.6) is 0 Å². The number of benzene rings is 2. The largest absolute Gasteiger partial charge is 0.772 e. The highest BCUT2D eigenvalue weighted by Crippen LogP contribution is 2.25. The minimum absolute atomic E-state index is 0.0957. The molecule has 34 heavy (non-hydrogen) atoms. The van der Waals surface area contributed by atoms with Crippen molar-refractivity contribution in [2.75, 3.05) is 10.6 Å². The summed E-state index contributed by atoms with van der Waals surface area (Å²) >= 11 is -2.18. The predicted octanol–water partition coefficient (Wildman–Crippen LogP) is 3.37. The molecule has 4 aromatic rings. The lowest BCUT2D eigenvalue weighted by molar-refractivity contribution is 0.102. The van der Waals surface area contributed by atoms with Gasteiger partial charge in [0.2, 0.25) is 5.95 Å². The van der Waals surface area contributed by atoms with E-state index in [9.17, 15) is 13.6 Å². The zero-order valence-electron chi connectivity index (χ0n) is 18.0. The van der Waals surface area contributed by atoms with Gasteiger partial charge < -0.3 is 20.9 Å². The van der Waals surface area contributed by atoms with Crippen LogP contribution in [0.15, 0.2) is 79.3 Å². The number of rotatable bonds is 8. The Morgan fingerprint density at radius 2 is 1.88 bits per heavy atom. The minimum atomic E-state index is -2.18. The zero-order chi connectivity index (χ0) is 23.9. The first-order chi connectivity index (χ1) is 16.5. The Bertz CT molecular complexity index is 1320. The summed E-state index contributed by atoms with van der Waals surface area (Å²) < 4.78 is 21.7. The first kappa shape index (κ1) is 23.2. The van der Waals surface area contributed by atoms with E-state index in [1.165, 1.54) is 0 Å². The van der Waals surface area contributed by atoms with E-state index in [-0.39, 0.29) is 18.2 Å². The number of pyridine rings is 1. The molecule has 0 aliphatic heterocycles. The number of aromatic nitrogens is 3. The van der Waals surface area contributed by atoms with Crippen molar-refractivity contribution in [3.63, 3.8) is 0 Å². The first-order valence-electron chi connectivity index (χ1n) is 10.3. The van der Waals surface area contributed by atoms with Crippen LogP contribution in [0.1, 0.15) is 21.5 Å². The topological polar surface area (TPSA) is 146 Å². The van der Waals surface area contributed by atoms with Crippen LogP contribution in [0.25, 0.3) is 11.3 Å². The second kappa shape index (κ2) is 10.8. The molecule has 2 heterocycles. The summed E-state index contributed by atoms with van der Waals surface area (Å²) in [6.07, 6.45) is 5.07. The molecule has 0 radical (unpaired) electrons. The molecule has 0 saturated heterocycles. The number of hydrogen-bond acceptors (Lipinski definition) is 8. The van der Waals surface area contributed by atoms with Gasteiger partial charge in [0.25, 0.3) is 5.91 Å². The van der Waals surface area contributed by atoms with Crippen molar-refractivity contribution in [2.24, 2.45) is 5.73 Å². The van der Waals surface area contributed by atoms with Gasteiger partial charge in [-0.15, -0.1) is 0 Å². The molecule has 4 rings (SSSR count). The van der Waals surface area contributed by atoms with Gasteiger partial charge in [-0.1, -0.05) is 29.3 Å². The van der Waals surface area contributed by atoms with Gasteiger partial charge in [0.1, 0.15) is 0 Å². The molecule has 9 nitrogen and oxygen atoms in total. The molecule has 1 atom stereocenters. The predicted molar refractivity (Wildman–Crippen MR) is 130 cm³/mol. The van der Waals surface area contributed by atoms with Crippen LogP contribution in [0.4, 0.5) is 17.3 Å². The standard InChI is InChI=1S/C24H22N6O3S/c25-13-18-7-8-20(28-23(31)17-5-3-16(4-6-17)15-34(32)33)12-22(18)30-24-27-11-9-21(29-24)19-2-1-10-26-14-19/h1-12,14H,13,15,25H2,(H,28,31)(H,32,33)(H,27,29,30)/p-1. The Morgan fingerprint density at radius 3 is 2.59 bits per heavy atom. The molecular formula is C24H21N6O3S-. The van der Waals surface area contributed by atoms with Crippen LogP contribution < -0.4 is 16.4 Å².